The number of amides is 1. The molecule has 0 aliphatic carbocycles. The van der Waals surface area contributed by atoms with Crippen molar-refractivity contribution in [3.63, 3.8) is 0 Å². The fourth-order valence-electron chi connectivity index (χ4n) is 1.79. The van der Waals surface area contributed by atoms with Crippen LogP contribution in [-0.2, 0) is 0 Å². The zero-order valence-electron chi connectivity index (χ0n) is 11.9. The number of anilines is 1. The standard InChI is InChI=1S/C12H19F3N4O/c1-6(2)9-8(16)10(18-17-9)11(20)19(7(3)4)5-12(13,14)15/h6-7H,5,16H2,1-4H3,(H,17,18). The summed E-state index contributed by atoms with van der Waals surface area (Å²) in [6.07, 6.45) is -4.47. The van der Waals surface area contributed by atoms with Crippen molar-refractivity contribution in [2.75, 3.05) is 12.3 Å². The van der Waals surface area contributed by atoms with Crippen LogP contribution in [-0.4, -0.2) is 39.8 Å². The number of carbonyl (C=O) groups excluding carboxylic acids is 1. The number of hydrogen-bond donors (Lipinski definition) is 2. The van der Waals surface area contributed by atoms with Crippen molar-refractivity contribution < 1.29 is 18.0 Å². The number of nitrogens with two attached hydrogens (primary N) is 1. The Hall–Kier alpha value is -1.73. The van der Waals surface area contributed by atoms with E-state index in [1.54, 1.807) is 0 Å². The quantitative estimate of drug-likeness (QED) is 0.895. The maximum Gasteiger partial charge on any atom is 0.406 e. The molecule has 0 atom stereocenters. The van der Waals surface area contributed by atoms with Gasteiger partial charge in [0.1, 0.15) is 6.54 Å². The largest absolute Gasteiger partial charge is 0.406 e. The first-order valence-corrected chi connectivity index (χ1v) is 6.26. The molecule has 0 aliphatic rings. The Morgan fingerprint density at radius 2 is 1.90 bits per heavy atom. The molecule has 0 aliphatic heterocycles. The third-order valence-corrected chi connectivity index (χ3v) is 2.85. The Kier molecular flexibility index (Phi) is 4.67. The lowest BCUT2D eigenvalue weighted by Gasteiger charge is -2.27. The van der Waals surface area contributed by atoms with Crippen LogP contribution in [0.2, 0.25) is 0 Å². The number of nitrogens with zero attached hydrogens (tertiary/aromatic N) is 2. The number of alkyl halides is 3. The van der Waals surface area contributed by atoms with Crippen LogP contribution in [0.5, 0.6) is 0 Å². The molecule has 1 rings (SSSR count). The minimum atomic E-state index is -4.47. The smallest absolute Gasteiger partial charge is 0.395 e. The van der Waals surface area contributed by atoms with Gasteiger partial charge in [0.25, 0.3) is 5.91 Å². The number of H-pyrrole nitrogens is 1. The van der Waals surface area contributed by atoms with E-state index in [1.165, 1.54) is 13.8 Å². The van der Waals surface area contributed by atoms with Gasteiger partial charge in [-0.3, -0.25) is 9.89 Å². The molecule has 0 saturated heterocycles. The summed E-state index contributed by atoms with van der Waals surface area (Å²) in [6, 6.07) is -0.609. The topological polar surface area (TPSA) is 75.0 Å². The maximum absolute atomic E-state index is 12.5. The summed E-state index contributed by atoms with van der Waals surface area (Å²) in [4.78, 5) is 12.9. The molecule has 1 heterocycles. The van der Waals surface area contributed by atoms with E-state index in [4.69, 9.17) is 5.73 Å². The Bertz CT molecular complexity index is 480. The molecule has 0 radical (unpaired) electrons. The van der Waals surface area contributed by atoms with E-state index in [0.29, 0.717) is 10.6 Å². The van der Waals surface area contributed by atoms with E-state index in [9.17, 15) is 18.0 Å². The predicted molar refractivity (Wildman–Crippen MR) is 69.3 cm³/mol. The fourth-order valence-corrected chi connectivity index (χ4v) is 1.79. The molecular formula is C12H19F3N4O. The molecule has 1 aromatic heterocycles. The van der Waals surface area contributed by atoms with Gasteiger partial charge in [-0.05, 0) is 19.8 Å². The highest BCUT2D eigenvalue weighted by molar-refractivity contribution is 5.97. The number of rotatable bonds is 4. The van der Waals surface area contributed by atoms with Crippen molar-refractivity contribution in [3.8, 4) is 0 Å². The van der Waals surface area contributed by atoms with Gasteiger partial charge in [-0.15, -0.1) is 0 Å². The van der Waals surface area contributed by atoms with Gasteiger partial charge in [0.05, 0.1) is 11.4 Å². The van der Waals surface area contributed by atoms with Gasteiger partial charge in [0.2, 0.25) is 0 Å². The molecule has 0 saturated carbocycles. The number of nitrogen functional groups attached to an aromatic ring is 1. The zero-order chi connectivity index (χ0) is 15.7. The Morgan fingerprint density at radius 1 is 1.35 bits per heavy atom. The molecule has 1 aromatic rings. The number of halogens is 3. The minimum absolute atomic E-state index is 0.000772. The van der Waals surface area contributed by atoms with Crippen LogP contribution in [0.1, 0.15) is 49.8 Å². The summed E-state index contributed by atoms with van der Waals surface area (Å²) in [7, 11) is 0. The normalized spacial score (nSPS) is 12.2. The van der Waals surface area contributed by atoms with Crippen LogP contribution in [0.15, 0.2) is 0 Å². The molecule has 114 valence electrons. The van der Waals surface area contributed by atoms with Gasteiger partial charge in [-0.1, -0.05) is 13.8 Å². The molecule has 20 heavy (non-hydrogen) atoms. The monoisotopic (exact) mass is 292 g/mol. The maximum atomic E-state index is 12.5. The van der Waals surface area contributed by atoms with Gasteiger partial charge >= 0.3 is 6.18 Å². The van der Waals surface area contributed by atoms with E-state index in [2.05, 4.69) is 10.2 Å². The lowest BCUT2D eigenvalue weighted by Crippen LogP contribution is -2.43. The SMILES string of the molecule is CC(C)c1[nH]nc(C(=O)N(CC(F)(F)F)C(C)C)c1N. The zero-order valence-corrected chi connectivity index (χ0v) is 11.9. The summed E-state index contributed by atoms with van der Waals surface area (Å²) in [5.41, 5.74) is 6.28. The average molecular weight is 292 g/mol. The van der Waals surface area contributed by atoms with Gasteiger partial charge < -0.3 is 10.6 Å². The highest BCUT2D eigenvalue weighted by atomic mass is 19.4. The van der Waals surface area contributed by atoms with E-state index >= 15 is 0 Å². The molecule has 0 fully saturated rings. The molecule has 8 heteroatoms. The molecule has 1 amide bonds. The van der Waals surface area contributed by atoms with Gasteiger partial charge in [0.15, 0.2) is 5.69 Å². The Labute approximate surface area is 115 Å². The van der Waals surface area contributed by atoms with Gasteiger partial charge in [0, 0.05) is 6.04 Å². The molecule has 5 nitrogen and oxygen atoms in total. The Balaban J connectivity index is 3.07. The van der Waals surface area contributed by atoms with Crippen LogP contribution >= 0.6 is 0 Å². The highest BCUT2D eigenvalue weighted by Gasteiger charge is 2.36. The van der Waals surface area contributed by atoms with E-state index in [1.807, 2.05) is 13.8 Å². The fraction of sp³-hybridized carbons (Fsp3) is 0.667. The Morgan fingerprint density at radius 3 is 2.25 bits per heavy atom. The van der Waals surface area contributed by atoms with Crippen LogP contribution in [0.25, 0.3) is 0 Å². The minimum Gasteiger partial charge on any atom is -0.395 e. The van der Waals surface area contributed by atoms with Gasteiger partial charge in [-0.2, -0.15) is 18.3 Å². The van der Waals surface area contributed by atoms with Crippen LogP contribution < -0.4 is 5.73 Å². The third kappa shape index (κ3) is 3.64. The summed E-state index contributed by atoms with van der Waals surface area (Å²) in [6.45, 7) is 5.38. The molecule has 3 N–H and O–H groups in total. The van der Waals surface area contributed by atoms with Crippen LogP contribution in [0.3, 0.4) is 0 Å². The molecule has 0 aromatic carbocycles. The number of aromatic amines is 1. The number of aromatic nitrogens is 2. The van der Waals surface area contributed by atoms with Crippen molar-refractivity contribution in [2.24, 2.45) is 0 Å². The first-order chi connectivity index (χ1) is 9.04. The van der Waals surface area contributed by atoms with Crippen molar-refractivity contribution in [1.82, 2.24) is 15.1 Å². The summed E-state index contributed by atoms with van der Waals surface area (Å²) >= 11 is 0. The molecule has 0 bridgehead atoms. The van der Waals surface area contributed by atoms with E-state index in [-0.39, 0.29) is 17.3 Å². The van der Waals surface area contributed by atoms with E-state index < -0.39 is 24.7 Å². The number of carbonyl (C=O) groups is 1. The number of hydrogen-bond acceptors (Lipinski definition) is 3. The predicted octanol–water partition coefficient (Wildman–Crippen LogP) is 2.53. The first-order valence-electron chi connectivity index (χ1n) is 6.26. The van der Waals surface area contributed by atoms with E-state index in [0.717, 1.165) is 0 Å². The second-order valence-corrected chi connectivity index (χ2v) is 5.20. The van der Waals surface area contributed by atoms with Crippen molar-refractivity contribution in [2.45, 2.75) is 45.8 Å². The summed E-state index contributed by atoms with van der Waals surface area (Å²) in [5, 5.41) is 6.37. The molecule has 0 unspecified atom stereocenters. The second kappa shape index (κ2) is 5.72. The van der Waals surface area contributed by atoms with Crippen molar-refractivity contribution in [1.29, 1.82) is 0 Å². The van der Waals surface area contributed by atoms with Gasteiger partial charge in [-0.25, -0.2) is 0 Å². The molecular weight excluding hydrogens is 273 g/mol. The lowest BCUT2D eigenvalue weighted by molar-refractivity contribution is -0.143. The summed E-state index contributed by atoms with van der Waals surface area (Å²) in [5.74, 6) is -0.822. The third-order valence-electron chi connectivity index (χ3n) is 2.85. The van der Waals surface area contributed by atoms with Crippen LogP contribution in [0, 0.1) is 0 Å². The lowest BCUT2D eigenvalue weighted by atomic mass is 10.1. The summed E-state index contributed by atoms with van der Waals surface area (Å²) < 4.78 is 37.6. The van der Waals surface area contributed by atoms with Crippen LogP contribution in [0.4, 0.5) is 18.9 Å². The average Bonchev–Trinajstić information content (AvgIpc) is 2.65. The number of nitrogens with one attached hydrogen (secondary N) is 1. The van der Waals surface area contributed by atoms with Crippen molar-refractivity contribution >= 4 is 11.6 Å². The van der Waals surface area contributed by atoms with Crippen molar-refractivity contribution in [3.05, 3.63) is 11.4 Å². The second-order valence-electron chi connectivity index (χ2n) is 5.20. The highest BCUT2D eigenvalue weighted by Crippen LogP contribution is 2.25. The first kappa shape index (κ1) is 16.3. The molecule has 0 spiro atoms.